The zero-order chi connectivity index (χ0) is 17.8. The molecule has 1 amide bonds. The first-order chi connectivity index (χ1) is 12.6. The molecule has 3 heterocycles. The predicted molar refractivity (Wildman–Crippen MR) is 105 cm³/mol. The normalized spacial score (nSPS) is 27.9. The van der Waals surface area contributed by atoms with Crippen molar-refractivity contribution < 1.29 is 9.53 Å². The van der Waals surface area contributed by atoms with E-state index < -0.39 is 0 Å². The van der Waals surface area contributed by atoms with Gasteiger partial charge in [0.15, 0.2) is 0 Å². The Labute approximate surface area is 161 Å². The number of likely N-dealkylation sites (tertiary alicyclic amines) is 2. The third-order valence-electron chi connectivity index (χ3n) is 6.44. The van der Waals surface area contributed by atoms with Gasteiger partial charge in [-0.2, -0.15) is 0 Å². The number of benzene rings is 1. The Bertz CT molecular complexity index is 860. The monoisotopic (exact) mass is 417 g/mol. The molecule has 0 saturated carbocycles. The SMILES string of the molecule is CN1CC(COC(=O)N2CCC2)C[C@H]2c3cccc4[nH]c(Br)c(c34)C[C@@H]21. The van der Waals surface area contributed by atoms with Crippen LogP contribution in [-0.2, 0) is 11.2 Å². The van der Waals surface area contributed by atoms with Crippen LogP contribution < -0.4 is 0 Å². The molecule has 138 valence electrons. The molecule has 0 bridgehead atoms. The fraction of sp³-hybridized carbons (Fsp3) is 0.550. The van der Waals surface area contributed by atoms with Gasteiger partial charge in [0.1, 0.15) is 0 Å². The maximum absolute atomic E-state index is 12.0. The van der Waals surface area contributed by atoms with Gasteiger partial charge in [-0.25, -0.2) is 4.79 Å². The van der Waals surface area contributed by atoms with Gasteiger partial charge < -0.3 is 19.5 Å². The molecule has 26 heavy (non-hydrogen) atoms. The maximum atomic E-state index is 12.0. The highest BCUT2D eigenvalue weighted by atomic mass is 79.9. The van der Waals surface area contributed by atoms with E-state index in [0.29, 0.717) is 24.5 Å². The van der Waals surface area contributed by atoms with Crippen LogP contribution in [0.5, 0.6) is 0 Å². The molecule has 2 saturated heterocycles. The molecule has 2 aromatic rings. The van der Waals surface area contributed by atoms with Crippen LogP contribution in [0.25, 0.3) is 10.9 Å². The summed E-state index contributed by atoms with van der Waals surface area (Å²) in [6, 6.07) is 7.11. The molecule has 1 aliphatic carbocycles. The fourth-order valence-corrected chi connectivity index (χ4v) is 5.57. The Morgan fingerprint density at radius 3 is 3.00 bits per heavy atom. The van der Waals surface area contributed by atoms with E-state index in [1.165, 1.54) is 22.0 Å². The summed E-state index contributed by atoms with van der Waals surface area (Å²) in [5.74, 6) is 0.894. The number of rotatable bonds is 2. The van der Waals surface area contributed by atoms with Crippen LogP contribution in [0.15, 0.2) is 22.8 Å². The second kappa shape index (κ2) is 6.27. The van der Waals surface area contributed by atoms with Gasteiger partial charge >= 0.3 is 6.09 Å². The van der Waals surface area contributed by atoms with Crippen molar-refractivity contribution in [2.75, 3.05) is 33.3 Å². The standard InChI is InChI=1S/C20H24BrN3O2/c1-23-10-12(11-26-20(25)24-6-3-7-24)8-14-13-4-2-5-16-18(13)15(9-17(14)23)19(21)22-16/h2,4-5,12,14,17,22H,3,6-11H2,1H3/t12?,14-,17-/m0/s1. The minimum atomic E-state index is -0.136. The molecular formula is C20H24BrN3O2. The molecule has 2 fully saturated rings. The molecular weight excluding hydrogens is 394 g/mol. The fourth-order valence-electron chi connectivity index (χ4n) is 5.00. The van der Waals surface area contributed by atoms with Gasteiger partial charge in [0.2, 0.25) is 0 Å². The molecule has 1 aromatic heterocycles. The number of carbonyl (C=O) groups is 1. The van der Waals surface area contributed by atoms with Gasteiger partial charge in [0, 0.05) is 48.4 Å². The number of nitrogens with one attached hydrogen (secondary N) is 1. The summed E-state index contributed by atoms with van der Waals surface area (Å²) >= 11 is 3.72. The number of carbonyl (C=O) groups excluding carboxylic acids is 1. The highest BCUT2D eigenvalue weighted by Gasteiger charge is 2.40. The van der Waals surface area contributed by atoms with Gasteiger partial charge in [-0.05, 0) is 59.4 Å². The van der Waals surface area contributed by atoms with Crippen molar-refractivity contribution in [2.24, 2.45) is 5.92 Å². The first-order valence-corrected chi connectivity index (χ1v) is 10.3. The minimum absolute atomic E-state index is 0.136. The third-order valence-corrected chi connectivity index (χ3v) is 7.12. The number of ether oxygens (including phenoxy) is 1. The van der Waals surface area contributed by atoms with E-state index >= 15 is 0 Å². The smallest absolute Gasteiger partial charge is 0.409 e. The lowest BCUT2D eigenvalue weighted by Gasteiger charge is -2.45. The average molecular weight is 418 g/mol. The summed E-state index contributed by atoms with van der Waals surface area (Å²) in [6.07, 6.45) is 3.12. The molecule has 3 aliphatic rings. The molecule has 5 rings (SSSR count). The van der Waals surface area contributed by atoms with E-state index in [1.807, 2.05) is 0 Å². The first-order valence-electron chi connectivity index (χ1n) is 9.52. The maximum Gasteiger partial charge on any atom is 0.409 e. The number of fused-ring (bicyclic) bond motifs is 2. The van der Waals surface area contributed by atoms with E-state index in [9.17, 15) is 4.79 Å². The van der Waals surface area contributed by atoms with Crippen LogP contribution in [0.1, 0.15) is 29.9 Å². The van der Waals surface area contributed by atoms with Gasteiger partial charge in [-0.1, -0.05) is 12.1 Å². The number of halogens is 1. The Balaban J connectivity index is 1.38. The zero-order valence-corrected chi connectivity index (χ0v) is 16.6. The quantitative estimate of drug-likeness (QED) is 0.809. The number of nitrogens with zero attached hydrogens (tertiary/aromatic N) is 2. The summed E-state index contributed by atoms with van der Waals surface area (Å²) < 4.78 is 6.73. The molecule has 0 spiro atoms. The molecule has 0 radical (unpaired) electrons. The number of aromatic amines is 1. The van der Waals surface area contributed by atoms with Crippen molar-refractivity contribution in [1.82, 2.24) is 14.8 Å². The molecule has 3 atom stereocenters. The number of likely N-dealkylation sites (N-methyl/N-ethyl adjacent to an activating group) is 1. The number of hydrogen-bond acceptors (Lipinski definition) is 3. The summed E-state index contributed by atoms with van der Waals surface area (Å²) in [5, 5.41) is 1.40. The summed E-state index contributed by atoms with van der Waals surface area (Å²) in [4.78, 5) is 19.8. The van der Waals surface area contributed by atoms with E-state index in [2.05, 4.69) is 51.1 Å². The van der Waals surface area contributed by atoms with Gasteiger partial charge in [0.25, 0.3) is 0 Å². The highest BCUT2D eigenvalue weighted by molar-refractivity contribution is 9.10. The lowest BCUT2D eigenvalue weighted by molar-refractivity contribution is 0.0379. The average Bonchev–Trinajstić information content (AvgIpc) is 2.89. The molecule has 6 heteroatoms. The summed E-state index contributed by atoms with van der Waals surface area (Å²) in [5.41, 5.74) is 4.07. The van der Waals surface area contributed by atoms with Crippen LogP contribution >= 0.6 is 15.9 Å². The third kappa shape index (κ3) is 2.57. The lowest BCUT2D eigenvalue weighted by Crippen LogP contribution is -2.49. The Morgan fingerprint density at radius 2 is 2.23 bits per heavy atom. The van der Waals surface area contributed by atoms with Crippen molar-refractivity contribution in [3.05, 3.63) is 33.9 Å². The van der Waals surface area contributed by atoms with Crippen molar-refractivity contribution >= 4 is 32.9 Å². The zero-order valence-electron chi connectivity index (χ0n) is 15.0. The van der Waals surface area contributed by atoms with E-state index in [4.69, 9.17) is 4.74 Å². The Kier molecular flexibility index (Phi) is 4.01. The Hall–Kier alpha value is -1.53. The van der Waals surface area contributed by atoms with Gasteiger partial charge in [-0.3, -0.25) is 0 Å². The van der Waals surface area contributed by atoms with Crippen molar-refractivity contribution in [2.45, 2.75) is 31.2 Å². The van der Waals surface area contributed by atoms with Crippen LogP contribution in [-0.4, -0.2) is 60.2 Å². The van der Waals surface area contributed by atoms with E-state index in [-0.39, 0.29) is 6.09 Å². The topological polar surface area (TPSA) is 48.6 Å². The molecule has 2 aliphatic heterocycles. The van der Waals surface area contributed by atoms with Crippen LogP contribution in [0.2, 0.25) is 0 Å². The largest absolute Gasteiger partial charge is 0.449 e. The van der Waals surface area contributed by atoms with Crippen molar-refractivity contribution in [3.63, 3.8) is 0 Å². The Morgan fingerprint density at radius 1 is 1.38 bits per heavy atom. The molecule has 1 unspecified atom stereocenters. The van der Waals surface area contributed by atoms with E-state index in [1.54, 1.807) is 4.90 Å². The van der Waals surface area contributed by atoms with Crippen LogP contribution in [0.3, 0.4) is 0 Å². The van der Waals surface area contributed by atoms with Gasteiger partial charge in [0.05, 0.1) is 11.2 Å². The lowest BCUT2D eigenvalue weighted by atomic mass is 9.72. The van der Waals surface area contributed by atoms with Crippen LogP contribution in [0.4, 0.5) is 4.79 Å². The number of amides is 1. The predicted octanol–water partition coefficient (Wildman–Crippen LogP) is 3.73. The first kappa shape index (κ1) is 16.6. The van der Waals surface area contributed by atoms with Crippen molar-refractivity contribution in [1.29, 1.82) is 0 Å². The number of H-pyrrole nitrogens is 1. The van der Waals surface area contributed by atoms with Crippen molar-refractivity contribution in [3.8, 4) is 0 Å². The second-order valence-corrected chi connectivity index (χ2v) is 8.82. The van der Waals surface area contributed by atoms with Gasteiger partial charge in [-0.15, -0.1) is 0 Å². The van der Waals surface area contributed by atoms with E-state index in [0.717, 1.165) is 43.5 Å². The minimum Gasteiger partial charge on any atom is -0.449 e. The number of aromatic nitrogens is 1. The molecule has 1 N–H and O–H groups in total. The number of piperidine rings is 1. The second-order valence-electron chi connectivity index (χ2n) is 8.02. The summed E-state index contributed by atoms with van der Waals surface area (Å²) in [7, 11) is 2.22. The van der Waals surface area contributed by atoms with Crippen LogP contribution in [0, 0.1) is 5.92 Å². The molecule has 1 aromatic carbocycles. The summed E-state index contributed by atoms with van der Waals surface area (Å²) in [6.45, 7) is 3.22. The number of hydrogen-bond donors (Lipinski definition) is 1. The molecule has 5 nitrogen and oxygen atoms in total. The highest BCUT2D eigenvalue weighted by Crippen LogP contribution is 2.46.